The first kappa shape index (κ1) is 29.8. The van der Waals surface area contributed by atoms with Crippen molar-refractivity contribution in [1.29, 1.82) is 0 Å². The predicted molar refractivity (Wildman–Crippen MR) is 153 cm³/mol. The van der Waals surface area contributed by atoms with Gasteiger partial charge in [0.2, 0.25) is 0 Å². The van der Waals surface area contributed by atoms with Crippen LogP contribution in [0.5, 0.6) is 0 Å². The highest BCUT2D eigenvalue weighted by Gasteiger charge is 2.94. The van der Waals surface area contributed by atoms with E-state index in [9.17, 15) is 24.9 Å². The van der Waals surface area contributed by atoms with Crippen LogP contribution in [-0.4, -0.2) is 113 Å². The number of carbonyl (C=O) groups is 2. The number of fused-ring (bicyclic) bond motifs is 2. The molecule has 3 unspecified atom stereocenters. The van der Waals surface area contributed by atoms with Gasteiger partial charge in [-0.3, -0.25) is 9.69 Å². The Hall–Kier alpha value is -1.92. The molecule has 1 saturated heterocycles. The van der Waals surface area contributed by atoms with Gasteiger partial charge < -0.3 is 34.3 Å². The molecular weight excluding hydrogens is 554 g/mol. The predicted octanol–water partition coefficient (Wildman–Crippen LogP) is 1.51. The third-order valence-corrected chi connectivity index (χ3v) is 13.0. The van der Waals surface area contributed by atoms with E-state index in [1.165, 1.54) is 14.0 Å². The van der Waals surface area contributed by atoms with E-state index in [2.05, 4.69) is 4.90 Å². The SMILES string of the molecule is CCN1C[C@]2(OC(=O)c3ccccc3CC(C)=O)CC[C@H](OC)C34C1C(C[C@@H]32)[C@@]1(O)C[C@H](OC)[C@H]2C[C@]4(O)[C@]1(O)[C@H]2OC. The van der Waals surface area contributed by atoms with Crippen molar-refractivity contribution in [3.8, 4) is 0 Å². The van der Waals surface area contributed by atoms with Gasteiger partial charge in [0, 0.05) is 64.5 Å². The third-order valence-electron chi connectivity index (χ3n) is 13.0. The molecular formula is C33H45NO9. The summed E-state index contributed by atoms with van der Waals surface area (Å²) in [5, 5.41) is 39.0. The molecule has 6 aliphatic rings. The Bertz CT molecular complexity index is 1340. The number of ketones is 1. The molecule has 7 rings (SSSR count). The molecule has 1 heterocycles. The van der Waals surface area contributed by atoms with Crippen LogP contribution in [0.1, 0.15) is 61.9 Å². The number of hydrogen-bond donors (Lipinski definition) is 3. The summed E-state index contributed by atoms with van der Waals surface area (Å²) >= 11 is 0. The fourth-order valence-electron chi connectivity index (χ4n) is 11.8. The van der Waals surface area contributed by atoms with Crippen LogP contribution in [0.25, 0.3) is 0 Å². The number of aliphatic hydroxyl groups is 3. The minimum atomic E-state index is -1.97. The number of likely N-dealkylation sites (tertiary alicyclic amines) is 1. The van der Waals surface area contributed by atoms with Gasteiger partial charge in [-0.25, -0.2) is 4.79 Å². The highest BCUT2D eigenvalue weighted by Crippen LogP contribution is 2.80. The molecule has 1 aromatic rings. The zero-order valence-electron chi connectivity index (χ0n) is 25.7. The van der Waals surface area contributed by atoms with Crippen molar-refractivity contribution in [2.45, 2.75) is 99.1 Å². The lowest BCUT2D eigenvalue weighted by Gasteiger charge is -2.73. The minimum Gasteiger partial charge on any atom is -0.454 e. The molecule has 6 fully saturated rings. The molecule has 10 nitrogen and oxygen atoms in total. The largest absolute Gasteiger partial charge is 0.454 e. The second kappa shape index (κ2) is 9.55. The van der Waals surface area contributed by atoms with Crippen LogP contribution in [0.15, 0.2) is 24.3 Å². The molecule has 12 atom stereocenters. The Morgan fingerprint density at radius 3 is 2.44 bits per heavy atom. The molecule has 0 amide bonds. The standard InChI is InChI=1S/C33H45NO9/c1-6-34-17-29(43-28(36)20-10-8-7-9-19(20)13-18(2)35)12-11-25(41-4)32-24(29)14-22(26(32)34)30(37)16-23(40-3)21-15-31(32,38)33(30,39)27(21)42-5/h7-10,21-27,37-39H,6,11-17H2,1-5H3/t21-,22?,23+,24-,25+,26?,27+,29-,30+,31-,32?,33+/m1/s1. The minimum absolute atomic E-state index is 0.0478. The number of methoxy groups -OCH3 is 3. The van der Waals surface area contributed by atoms with Crippen LogP contribution in [0, 0.1) is 23.2 Å². The summed E-state index contributed by atoms with van der Waals surface area (Å²) < 4.78 is 24.8. The van der Waals surface area contributed by atoms with E-state index in [4.69, 9.17) is 18.9 Å². The normalized spacial score (nSPS) is 49.2. The molecule has 1 spiro atoms. The van der Waals surface area contributed by atoms with Gasteiger partial charge in [0.05, 0.1) is 29.3 Å². The lowest BCUT2D eigenvalue weighted by atomic mass is 9.42. The van der Waals surface area contributed by atoms with Gasteiger partial charge in [-0.2, -0.15) is 0 Å². The van der Waals surface area contributed by atoms with E-state index in [1.807, 2.05) is 13.0 Å². The Morgan fingerprint density at radius 2 is 1.79 bits per heavy atom. The Morgan fingerprint density at radius 1 is 1.05 bits per heavy atom. The Kier molecular flexibility index (Phi) is 6.61. The van der Waals surface area contributed by atoms with Crippen LogP contribution in [0.2, 0.25) is 0 Å². The molecule has 236 valence electrons. The van der Waals surface area contributed by atoms with Crippen molar-refractivity contribution in [3.63, 3.8) is 0 Å². The van der Waals surface area contributed by atoms with Crippen LogP contribution in [-0.2, 0) is 30.2 Å². The van der Waals surface area contributed by atoms with Crippen molar-refractivity contribution in [2.75, 3.05) is 34.4 Å². The Labute approximate surface area is 252 Å². The van der Waals surface area contributed by atoms with E-state index < -0.39 is 58.0 Å². The number of ether oxygens (including phenoxy) is 4. The molecule has 1 aromatic carbocycles. The van der Waals surface area contributed by atoms with Crippen molar-refractivity contribution < 1.29 is 43.9 Å². The summed E-state index contributed by atoms with van der Waals surface area (Å²) in [6.45, 7) is 4.59. The van der Waals surface area contributed by atoms with Crippen molar-refractivity contribution in [2.24, 2.45) is 23.2 Å². The zero-order valence-corrected chi connectivity index (χ0v) is 25.7. The number of piperidine rings is 1. The molecule has 5 aliphatic carbocycles. The topological polar surface area (TPSA) is 135 Å². The maximum Gasteiger partial charge on any atom is 0.339 e. The number of rotatable bonds is 8. The quantitative estimate of drug-likeness (QED) is 0.378. The Balaban J connectivity index is 1.41. The van der Waals surface area contributed by atoms with Crippen LogP contribution in [0.3, 0.4) is 0 Å². The van der Waals surface area contributed by atoms with E-state index in [1.54, 1.807) is 32.4 Å². The van der Waals surface area contributed by atoms with Gasteiger partial charge >= 0.3 is 5.97 Å². The highest BCUT2D eigenvalue weighted by molar-refractivity contribution is 5.93. The van der Waals surface area contributed by atoms with E-state index in [0.717, 1.165) is 0 Å². The van der Waals surface area contributed by atoms with E-state index in [0.29, 0.717) is 43.5 Å². The maximum atomic E-state index is 14.1. The third kappa shape index (κ3) is 3.23. The summed E-state index contributed by atoms with van der Waals surface area (Å²) in [6.07, 6.45) is 0.259. The number of carbonyl (C=O) groups excluding carboxylic acids is 2. The van der Waals surface area contributed by atoms with Crippen LogP contribution in [0.4, 0.5) is 0 Å². The summed E-state index contributed by atoms with van der Waals surface area (Å²) in [5.74, 6) is -1.72. The van der Waals surface area contributed by atoms with Gasteiger partial charge in [-0.1, -0.05) is 25.1 Å². The first-order valence-electron chi connectivity index (χ1n) is 15.7. The second-order valence-electron chi connectivity index (χ2n) is 14.1. The van der Waals surface area contributed by atoms with E-state index in [-0.39, 0.29) is 42.9 Å². The van der Waals surface area contributed by atoms with Crippen LogP contribution < -0.4 is 0 Å². The smallest absolute Gasteiger partial charge is 0.339 e. The molecule has 0 radical (unpaired) electrons. The molecule has 3 N–H and O–H groups in total. The van der Waals surface area contributed by atoms with Gasteiger partial charge in [-0.05, 0) is 50.8 Å². The first-order valence-corrected chi connectivity index (χ1v) is 15.7. The summed E-state index contributed by atoms with van der Waals surface area (Å²) in [6, 6.07) is 6.74. The van der Waals surface area contributed by atoms with Crippen molar-refractivity contribution >= 4 is 11.8 Å². The molecule has 5 saturated carbocycles. The molecule has 7 bridgehead atoms. The lowest BCUT2D eigenvalue weighted by molar-refractivity contribution is -0.384. The van der Waals surface area contributed by atoms with Gasteiger partial charge in [0.25, 0.3) is 0 Å². The summed E-state index contributed by atoms with van der Waals surface area (Å²) in [7, 11) is 4.78. The average Bonchev–Trinajstić information content (AvgIpc) is 3.38. The second-order valence-corrected chi connectivity index (χ2v) is 14.1. The molecule has 1 aliphatic heterocycles. The van der Waals surface area contributed by atoms with E-state index >= 15 is 0 Å². The van der Waals surface area contributed by atoms with Gasteiger partial charge in [0.15, 0.2) is 0 Å². The van der Waals surface area contributed by atoms with Crippen LogP contribution >= 0.6 is 0 Å². The monoisotopic (exact) mass is 599 g/mol. The number of likely N-dealkylation sites (N-methyl/N-ethyl adjacent to an activating group) is 1. The highest BCUT2D eigenvalue weighted by atomic mass is 16.6. The summed E-state index contributed by atoms with van der Waals surface area (Å²) in [4.78, 5) is 28.4. The molecule has 10 heteroatoms. The van der Waals surface area contributed by atoms with Gasteiger partial charge in [0.1, 0.15) is 28.2 Å². The van der Waals surface area contributed by atoms with Gasteiger partial charge in [-0.15, -0.1) is 0 Å². The molecule has 43 heavy (non-hydrogen) atoms. The van der Waals surface area contributed by atoms with Crippen molar-refractivity contribution in [1.82, 2.24) is 4.90 Å². The number of esters is 1. The number of nitrogens with zero attached hydrogens (tertiary/aromatic N) is 1. The maximum absolute atomic E-state index is 14.1. The first-order chi connectivity index (χ1) is 20.4. The fourth-order valence-corrected chi connectivity index (χ4v) is 11.8. The van der Waals surface area contributed by atoms with Crippen molar-refractivity contribution in [3.05, 3.63) is 35.4 Å². The number of Topliss-reactive ketones (excluding diaryl/α,β-unsaturated/α-hetero) is 1. The zero-order chi connectivity index (χ0) is 30.7. The summed E-state index contributed by atoms with van der Waals surface area (Å²) in [5.41, 5.74) is -6.56. The number of benzene rings is 1. The lowest BCUT2D eigenvalue weighted by Crippen LogP contribution is -2.89. The fraction of sp³-hybridized carbons (Fsp3) is 0.758. The average molecular weight is 600 g/mol. The molecule has 0 aromatic heterocycles. The number of hydrogen-bond acceptors (Lipinski definition) is 10.